The van der Waals surface area contributed by atoms with Crippen molar-refractivity contribution in [3.63, 3.8) is 0 Å². The standard InChI is InChI=1S/C20H25Cl2NOS/c1-12(25)24-19(16-2-3-17(21)18(22)7-16)11-23-20-8-13-4-14(9-20)6-15(5-13)10-20/h2-3,7,13-15,19,23H,4-6,8-11H2,1H3. The molecule has 1 atom stereocenters. The molecule has 4 aliphatic rings. The van der Waals surface area contributed by atoms with Crippen LogP contribution in [0.2, 0.25) is 10.0 Å². The van der Waals surface area contributed by atoms with Gasteiger partial charge in [0.1, 0.15) is 6.10 Å². The van der Waals surface area contributed by atoms with Crippen LogP contribution in [0.25, 0.3) is 0 Å². The highest BCUT2D eigenvalue weighted by atomic mass is 35.5. The molecule has 0 amide bonds. The predicted molar refractivity (Wildman–Crippen MR) is 107 cm³/mol. The maximum atomic E-state index is 6.21. The van der Waals surface area contributed by atoms with Crippen molar-refractivity contribution in [2.45, 2.75) is 57.1 Å². The van der Waals surface area contributed by atoms with Crippen LogP contribution in [0, 0.1) is 17.8 Å². The number of rotatable bonds is 5. The van der Waals surface area contributed by atoms with E-state index in [2.05, 4.69) is 5.32 Å². The summed E-state index contributed by atoms with van der Waals surface area (Å²) in [6.45, 7) is 2.59. The smallest absolute Gasteiger partial charge is 0.157 e. The highest BCUT2D eigenvalue weighted by Crippen LogP contribution is 2.55. The number of hydrogen-bond donors (Lipinski definition) is 1. The van der Waals surface area contributed by atoms with Gasteiger partial charge in [0, 0.05) is 19.0 Å². The Morgan fingerprint density at radius 3 is 2.28 bits per heavy atom. The van der Waals surface area contributed by atoms with Crippen LogP contribution in [0.4, 0.5) is 0 Å². The van der Waals surface area contributed by atoms with Gasteiger partial charge < -0.3 is 10.1 Å². The molecular weight excluding hydrogens is 373 g/mol. The molecule has 25 heavy (non-hydrogen) atoms. The fraction of sp³-hybridized carbons (Fsp3) is 0.650. The van der Waals surface area contributed by atoms with Crippen molar-refractivity contribution in [3.8, 4) is 0 Å². The van der Waals surface area contributed by atoms with E-state index in [9.17, 15) is 0 Å². The van der Waals surface area contributed by atoms with Crippen LogP contribution in [0.5, 0.6) is 0 Å². The molecule has 1 N–H and O–H groups in total. The van der Waals surface area contributed by atoms with Gasteiger partial charge in [-0.2, -0.15) is 0 Å². The maximum absolute atomic E-state index is 6.21. The first kappa shape index (κ1) is 18.0. The summed E-state index contributed by atoms with van der Waals surface area (Å²) in [5.41, 5.74) is 1.33. The molecule has 5 rings (SSSR count). The lowest BCUT2D eigenvalue weighted by Gasteiger charge is -2.57. The molecule has 4 aliphatic carbocycles. The predicted octanol–water partition coefficient (Wildman–Crippen LogP) is 5.96. The third kappa shape index (κ3) is 3.85. The zero-order valence-corrected chi connectivity index (χ0v) is 16.9. The Morgan fingerprint density at radius 1 is 1.16 bits per heavy atom. The number of benzene rings is 1. The van der Waals surface area contributed by atoms with E-state index in [-0.39, 0.29) is 6.10 Å². The van der Waals surface area contributed by atoms with Gasteiger partial charge in [0.15, 0.2) is 5.05 Å². The van der Waals surface area contributed by atoms with Gasteiger partial charge in [0.2, 0.25) is 0 Å². The molecule has 1 unspecified atom stereocenters. The van der Waals surface area contributed by atoms with Crippen molar-refractivity contribution in [2.75, 3.05) is 6.54 Å². The van der Waals surface area contributed by atoms with Gasteiger partial charge in [-0.25, -0.2) is 0 Å². The van der Waals surface area contributed by atoms with Crippen LogP contribution in [0.15, 0.2) is 18.2 Å². The second kappa shape index (κ2) is 6.99. The molecule has 0 saturated heterocycles. The Morgan fingerprint density at radius 2 is 1.76 bits per heavy atom. The van der Waals surface area contributed by atoms with Gasteiger partial charge in [-0.3, -0.25) is 0 Å². The van der Waals surface area contributed by atoms with Crippen molar-refractivity contribution in [1.29, 1.82) is 0 Å². The van der Waals surface area contributed by atoms with Crippen molar-refractivity contribution in [3.05, 3.63) is 33.8 Å². The number of ether oxygens (including phenoxy) is 1. The van der Waals surface area contributed by atoms with Gasteiger partial charge in [0.25, 0.3) is 0 Å². The second-order valence-corrected chi connectivity index (χ2v) is 9.74. The first-order valence-electron chi connectivity index (χ1n) is 9.30. The molecule has 0 aromatic heterocycles. The summed E-state index contributed by atoms with van der Waals surface area (Å²) in [5.74, 6) is 2.78. The van der Waals surface area contributed by atoms with E-state index in [0.29, 0.717) is 20.6 Å². The fourth-order valence-electron chi connectivity index (χ4n) is 5.78. The quantitative estimate of drug-likeness (QED) is 0.619. The van der Waals surface area contributed by atoms with Gasteiger partial charge in [0.05, 0.1) is 10.0 Å². The Balaban J connectivity index is 1.49. The van der Waals surface area contributed by atoms with Crippen LogP contribution in [0.3, 0.4) is 0 Å². The largest absolute Gasteiger partial charge is 0.478 e. The molecule has 1 aromatic carbocycles. The first-order valence-corrected chi connectivity index (χ1v) is 10.5. The summed E-state index contributed by atoms with van der Waals surface area (Å²) in [6.07, 6.45) is 8.20. The SMILES string of the molecule is CC(=S)OC(CNC12CC3CC(CC(C3)C1)C2)c1ccc(Cl)c(Cl)c1. The van der Waals surface area contributed by atoms with Crippen molar-refractivity contribution in [2.24, 2.45) is 17.8 Å². The van der Waals surface area contributed by atoms with Crippen molar-refractivity contribution in [1.82, 2.24) is 5.32 Å². The van der Waals surface area contributed by atoms with E-state index in [1.807, 2.05) is 25.1 Å². The molecule has 0 aliphatic heterocycles. The molecule has 0 spiro atoms. The van der Waals surface area contributed by atoms with E-state index < -0.39 is 0 Å². The van der Waals surface area contributed by atoms with Crippen LogP contribution >= 0.6 is 35.4 Å². The number of nitrogens with one attached hydrogen (secondary N) is 1. The number of hydrogen-bond acceptors (Lipinski definition) is 3. The Kier molecular flexibility index (Phi) is 5.05. The highest BCUT2D eigenvalue weighted by Gasteiger charge is 2.50. The zero-order valence-electron chi connectivity index (χ0n) is 14.6. The summed E-state index contributed by atoms with van der Waals surface area (Å²) in [4.78, 5) is 0. The maximum Gasteiger partial charge on any atom is 0.157 e. The monoisotopic (exact) mass is 397 g/mol. The molecule has 4 saturated carbocycles. The lowest BCUT2D eigenvalue weighted by Crippen LogP contribution is -2.59. The molecule has 2 nitrogen and oxygen atoms in total. The molecule has 0 radical (unpaired) electrons. The van der Waals surface area contributed by atoms with Crippen molar-refractivity contribution < 1.29 is 4.74 Å². The summed E-state index contributed by atoms with van der Waals surface area (Å²) in [7, 11) is 0. The minimum absolute atomic E-state index is 0.125. The average molecular weight is 398 g/mol. The molecular formula is C20H25Cl2NOS. The highest BCUT2D eigenvalue weighted by molar-refractivity contribution is 7.80. The van der Waals surface area contributed by atoms with Gasteiger partial charge in [-0.15, -0.1) is 0 Å². The lowest BCUT2D eigenvalue weighted by molar-refractivity contribution is -0.0241. The Bertz CT molecular complexity index is 642. The van der Waals surface area contributed by atoms with E-state index in [1.54, 1.807) is 0 Å². The third-order valence-corrected chi connectivity index (χ3v) is 7.16. The van der Waals surface area contributed by atoms with Crippen LogP contribution in [0.1, 0.15) is 57.1 Å². The van der Waals surface area contributed by atoms with Gasteiger partial charge >= 0.3 is 0 Å². The fourth-order valence-corrected chi connectivity index (χ4v) is 6.20. The van der Waals surface area contributed by atoms with E-state index in [0.717, 1.165) is 29.9 Å². The van der Waals surface area contributed by atoms with E-state index in [1.165, 1.54) is 38.5 Å². The summed E-state index contributed by atoms with van der Waals surface area (Å²) in [6, 6.07) is 5.71. The van der Waals surface area contributed by atoms with E-state index in [4.69, 9.17) is 40.2 Å². The third-order valence-electron chi connectivity index (χ3n) is 6.32. The lowest BCUT2D eigenvalue weighted by atomic mass is 9.53. The summed E-state index contributed by atoms with van der Waals surface area (Å²) >= 11 is 17.5. The van der Waals surface area contributed by atoms with Gasteiger partial charge in [-0.05, 0) is 86.2 Å². The second-order valence-electron chi connectivity index (χ2n) is 8.35. The van der Waals surface area contributed by atoms with E-state index >= 15 is 0 Å². The van der Waals surface area contributed by atoms with Crippen molar-refractivity contribution >= 4 is 40.5 Å². The normalized spacial score (nSPS) is 34.1. The van der Waals surface area contributed by atoms with Crippen LogP contribution in [-0.4, -0.2) is 17.1 Å². The average Bonchev–Trinajstić information content (AvgIpc) is 2.52. The van der Waals surface area contributed by atoms with Gasteiger partial charge in [-0.1, -0.05) is 29.3 Å². The minimum Gasteiger partial charge on any atom is -0.478 e. The molecule has 0 heterocycles. The minimum atomic E-state index is -0.125. The molecule has 1 aromatic rings. The molecule has 5 heteroatoms. The summed E-state index contributed by atoms with van der Waals surface area (Å²) < 4.78 is 5.96. The summed E-state index contributed by atoms with van der Waals surface area (Å²) in [5, 5.41) is 5.59. The molecule has 4 bridgehead atoms. The zero-order chi connectivity index (χ0) is 17.6. The van der Waals surface area contributed by atoms with Crippen LogP contribution in [-0.2, 0) is 4.74 Å². The topological polar surface area (TPSA) is 21.3 Å². The Hall–Kier alpha value is -0.350. The van der Waals surface area contributed by atoms with Crippen LogP contribution < -0.4 is 5.32 Å². The first-order chi connectivity index (χ1) is 11.9. The Labute approximate surface area is 165 Å². The number of thiocarbonyl (C=S) groups is 1. The molecule has 136 valence electrons. The number of halogens is 2. The molecule has 4 fully saturated rings.